The molecule has 2 aromatic carbocycles. The average Bonchev–Trinajstić information content (AvgIpc) is 3.11. The van der Waals surface area contributed by atoms with Gasteiger partial charge in [0.1, 0.15) is 22.3 Å². The van der Waals surface area contributed by atoms with Crippen LogP contribution in [0.4, 0.5) is 31.1 Å². The first kappa shape index (κ1) is 30.2. The number of halogens is 6. The van der Waals surface area contributed by atoms with Crippen LogP contribution in [0, 0.1) is 5.41 Å². The number of alkyl halides is 6. The second-order valence-corrected chi connectivity index (χ2v) is 12.2. The molecule has 3 aromatic rings. The summed E-state index contributed by atoms with van der Waals surface area (Å²) in [5.74, 6) is -0.0908. The van der Waals surface area contributed by atoms with Crippen molar-refractivity contribution in [3.8, 4) is 11.4 Å². The third-order valence-electron chi connectivity index (χ3n) is 5.64. The molecule has 0 aliphatic rings. The minimum Gasteiger partial charge on any atom is -0.428 e. The SMILES string of the molecule is CC(C)(C)CC(C)(C)c1ccc(OC(=O)OC(C)(C)C)c(-n2nc3cc(C(F)(F)F)c(C(F)(F)F)cc3n2)c1. The predicted octanol–water partition coefficient (Wildman–Crippen LogP) is 8.49. The van der Waals surface area contributed by atoms with E-state index in [1.54, 1.807) is 32.9 Å². The normalized spacial score (nSPS) is 13.6. The Labute approximate surface area is 222 Å². The van der Waals surface area contributed by atoms with Gasteiger partial charge in [-0.25, -0.2) is 4.79 Å². The summed E-state index contributed by atoms with van der Waals surface area (Å²) in [5, 5.41) is 8.05. The van der Waals surface area contributed by atoms with Crippen molar-refractivity contribution in [2.75, 3.05) is 0 Å². The fourth-order valence-corrected chi connectivity index (χ4v) is 4.51. The molecule has 0 saturated carbocycles. The van der Waals surface area contributed by atoms with Crippen LogP contribution in [0.2, 0.25) is 0 Å². The first-order chi connectivity index (χ1) is 17.5. The Morgan fingerprint density at radius 3 is 1.69 bits per heavy atom. The first-order valence-corrected chi connectivity index (χ1v) is 12.1. The maximum atomic E-state index is 13.5. The largest absolute Gasteiger partial charge is 0.514 e. The molecule has 12 heteroatoms. The van der Waals surface area contributed by atoms with Gasteiger partial charge >= 0.3 is 18.5 Å². The van der Waals surface area contributed by atoms with Crippen LogP contribution in [0.1, 0.15) is 78.5 Å². The van der Waals surface area contributed by atoms with Gasteiger partial charge < -0.3 is 9.47 Å². The summed E-state index contributed by atoms with van der Waals surface area (Å²) < 4.78 is 91.4. The molecule has 0 fully saturated rings. The van der Waals surface area contributed by atoms with Gasteiger partial charge in [0, 0.05) is 0 Å². The highest BCUT2D eigenvalue weighted by atomic mass is 19.4. The van der Waals surface area contributed by atoms with E-state index < -0.39 is 51.7 Å². The average molecular weight is 560 g/mol. The van der Waals surface area contributed by atoms with Crippen molar-refractivity contribution in [2.45, 2.75) is 85.2 Å². The van der Waals surface area contributed by atoms with Gasteiger partial charge in [-0.15, -0.1) is 15.0 Å². The van der Waals surface area contributed by atoms with Crippen LogP contribution in [0.5, 0.6) is 5.75 Å². The molecule has 1 heterocycles. The van der Waals surface area contributed by atoms with E-state index in [4.69, 9.17) is 9.47 Å². The van der Waals surface area contributed by atoms with Crippen LogP contribution < -0.4 is 4.74 Å². The van der Waals surface area contributed by atoms with Gasteiger partial charge in [-0.2, -0.15) is 26.3 Å². The fraction of sp³-hybridized carbons (Fsp3) is 0.519. The smallest absolute Gasteiger partial charge is 0.428 e. The number of hydrogen-bond donors (Lipinski definition) is 0. The maximum absolute atomic E-state index is 13.5. The molecular formula is C27H31F6N3O3. The minimum atomic E-state index is -5.27. The van der Waals surface area contributed by atoms with Gasteiger partial charge in [0.15, 0.2) is 5.75 Å². The Balaban J connectivity index is 2.23. The zero-order valence-electron chi connectivity index (χ0n) is 22.9. The van der Waals surface area contributed by atoms with Crippen molar-refractivity contribution in [2.24, 2.45) is 5.41 Å². The lowest BCUT2D eigenvalue weighted by atomic mass is 9.72. The molecule has 0 atom stereocenters. The number of carbonyl (C=O) groups excluding carboxylic acids is 1. The molecule has 0 saturated heterocycles. The molecule has 0 aliphatic heterocycles. The van der Waals surface area contributed by atoms with E-state index >= 15 is 0 Å². The van der Waals surface area contributed by atoms with E-state index in [1.807, 2.05) is 13.8 Å². The Morgan fingerprint density at radius 2 is 1.28 bits per heavy atom. The lowest BCUT2D eigenvalue weighted by molar-refractivity contribution is -0.161. The summed E-state index contributed by atoms with van der Waals surface area (Å²) in [6.45, 7) is 15.1. The number of aromatic nitrogens is 3. The number of ether oxygens (including phenoxy) is 2. The van der Waals surface area contributed by atoms with E-state index in [-0.39, 0.29) is 16.9 Å². The van der Waals surface area contributed by atoms with Crippen LogP contribution >= 0.6 is 0 Å². The molecule has 0 amide bonds. The molecule has 0 aliphatic carbocycles. The van der Waals surface area contributed by atoms with E-state index in [0.29, 0.717) is 12.1 Å². The van der Waals surface area contributed by atoms with Gasteiger partial charge in [0.05, 0.1) is 11.1 Å². The van der Waals surface area contributed by atoms with Gasteiger partial charge in [0.25, 0.3) is 0 Å². The van der Waals surface area contributed by atoms with Gasteiger partial charge in [-0.3, -0.25) is 0 Å². The molecule has 0 bridgehead atoms. The molecule has 214 valence electrons. The third kappa shape index (κ3) is 7.42. The monoisotopic (exact) mass is 559 g/mol. The van der Waals surface area contributed by atoms with Crippen molar-refractivity contribution >= 4 is 17.2 Å². The number of fused-ring (bicyclic) bond motifs is 1. The second kappa shape index (κ2) is 9.71. The highest BCUT2D eigenvalue weighted by molar-refractivity contribution is 5.77. The number of rotatable bonds is 4. The lowest BCUT2D eigenvalue weighted by Crippen LogP contribution is -2.27. The van der Waals surface area contributed by atoms with Crippen LogP contribution in [0.3, 0.4) is 0 Å². The summed E-state index contributed by atoms with van der Waals surface area (Å²) >= 11 is 0. The van der Waals surface area contributed by atoms with Crippen molar-refractivity contribution in [1.29, 1.82) is 0 Å². The molecule has 3 rings (SSSR count). The zero-order chi connectivity index (χ0) is 29.8. The number of carbonyl (C=O) groups is 1. The van der Waals surface area contributed by atoms with Gasteiger partial charge in [0.2, 0.25) is 0 Å². The van der Waals surface area contributed by atoms with E-state index in [1.165, 1.54) is 6.07 Å². The summed E-state index contributed by atoms with van der Waals surface area (Å²) in [7, 11) is 0. The van der Waals surface area contributed by atoms with Gasteiger partial charge in [-0.05, 0) is 67.9 Å². The molecule has 0 radical (unpaired) electrons. The number of benzene rings is 2. The Bertz CT molecular complexity index is 1330. The van der Waals surface area contributed by atoms with Crippen molar-refractivity contribution in [3.63, 3.8) is 0 Å². The van der Waals surface area contributed by atoms with Crippen LogP contribution in [0.25, 0.3) is 16.7 Å². The number of nitrogens with zero attached hydrogens (tertiary/aromatic N) is 3. The summed E-state index contributed by atoms with van der Waals surface area (Å²) in [5.41, 5.74) is -5.16. The van der Waals surface area contributed by atoms with Crippen molar-refractivity contribution in [1.82, 2.24) is 15.0 Å². The second-order valence-electron chi connectivity index (χ2n) is 12.2. The summed E-state index contributed by atoms with van der Waals surface area (Å²) in [6.07, 6.45) is -10.9. The number of hydrogen-bond acceptors (Lipinski definition) is 5. The molecular weight excluding hydrogens is 528 g/mol. The van der Waals surface area contributed by atoms with E-state index in [2.05, 4.69) is 31.0 Å². The predicted molar refractivity (Wildman–Crippen MR) is 133 cm³/mol. The topological polar surface area (TPSA) is 66.2 Å². The third-order valence-corrected chi connectivity index (χ3v) is 5.64. The van der Waals surface area contributed by atoms with Gasteiger partial charge in [-0.1, -0.05) is 40.7 Å². The van der Waals surface area contributed by atoms with Crippen LogP contribution in [0.15, 0.2) is 30.3 Å². The molecule has 0 unspecified atom stereocenters. The Morgan fingerprint density at radius 1 is 0.795 bits per heavy atom. The lowest BCUT2D eigenvalue weighted by Gasteiger charge is -2.33. The highest BCUT2D eigenvalue weighted by Crippen LogP contribution is 2.42. The van der Waals surface area contributed by atoms with Crippen molar-refractivity contribution < 1.29 is 40.6 Å². The zero-order valence-corrected chi connectivity index (χ0v) is 22.9. The summed E-state index contributed by atoms with van der Waals surface area (Å²) in [6, 6.07) is 5.41. The highest BCUT2D eigenvalue weighted by Gasteiger charge is 2.44. The Kier molecular flexibility index (Phi) is 7.52. The Hall–Kier alpha value is -3.31. The molecule has 6 nitrogen and oxygen atoms in total. The molecule has 39 heavy (non-hydrogen) atoms. The van der Waals surface area contributed by atoms with Crippen LogP contribution in [-0.4, -0.2) is 26.8 Å². The van der Waals surface area contributed by atoms with E-state index in [0.717, 1.165) is 16.8 Å². The maximum Gasteiger partial charge on any atom is 0.514 e. The molecule has 0 spiro atoms. The molecule has 0 N–H and O–H groups in total. The minimum absolute atomic E-state index is 0.0404. The summed E-state index contributed by atoms with van der Waals surface area (Å²) in [4.78, 5) is 13.3. The molecule has 1 aromatic heterocycles. The first-order valence-electron chi connectivity index (χ1n) is 12.1. The standard InChI is InChI=1S/C27H31F6N3O3/c1-23(2,3)14-25(7,8)15-9-10-21(38-22(37)39-24(4,5)6)20(11-15)36-34-18-12-16(26(28,29)30)17(27(31,32)33)13-19(18)35-36/h9-13H,14H2,1-8H3. The van der Waals surface area contributed by atoms with Crippen molar-refractivity contribution in [3.05, 3.63) is 47.0 Å². The fourth-order valence-electron chi connectivity index (χ4n) is 4.51. The quantitative estimate of drug-likeness (QED) is 0.182. The van der Waals surface area contributed by atoms with Crippen LogP contribution in [-0.2, 0) is 22.5 Å². The van der Waals surface area contributed by atoms with E-state index in [9.17, 15) is 31.1 Å².